The molecule has 0 fully saturated rings. The Morgan fingerprint density at radius 2 is 0.905 bits per heavy atom. The van der Waals surface area contributed by atoms with E-state index in [4.69, 9.17) is 14.7 Å². The average molecular weight is 1450 g/mol. The van der Waals surface area contributed by atoms with E-state index in [2.05, 4.69) is 239 Å². The molecule has 0 spiro atoms. The molecule has 74 heavy (non-hydrogen) atoms. The van der Waals surface area contributed by atoms with E-state index in [1.807, 2.05) is 63.0 Å². The Hall–Kier alpha value is 0.274. The molecule has 0 aromatic carbocycles. The maximum absolute atomic E-state index is 4.94. The molecule has 17 heteroatoms. The van der Waals surface area contributed by atoms with Gasteiger partial charge in [-0.25, -0.2) is 0 Å². The fourth-order valence-corrected chi connectivity index (χ4v) is 107. The van der Waals surface area contributed by atoms with E-state index in [1.54, 1.807) is 0 Å². The minimum atomic E-state index is -1.48. The molecule has 5 rings (SSSR count). The van der Waals surface area contributed by atoms with Gasteiger partial charge in [-0.1, -0.05) is 66.1 Å². The molecule has 410 valence electrons. The quantitative estimate of drug-likeness (QED) is 0.0643. The van der Waals surface area contributed by atoms with Gasteiger partial charge in [0.25, 0.3) is 0 Å². The van der Waals surface area contributed by atoms with E-state index in [-0.39, 0.29) is 50.0 Å². The molecule has 0 unspecified atom stereocenters. The van der Waals surface area contributed by atoms with Crippen LogP contribution in [0.1, 0.15) is 74.7 Å². The standard InChI is InChI=1S/C18H28GeN2Si2Te.C18H30GeN2Si2.C12H23NSi2.C4H10O.C4H9.CH4.Li.H2Te/c1-22(2,3)18(23(4,5)6,17-12-8-10-14-21-17)19(24)15-16-11-7-9-13-20-16;1-22(2,3)18(23(4,5)6,17-12-8-10-14-21-17)19-15-16-11-7-9-13-20-16;1-14(2,3)12(15(4,5)6)11-9-7-8-10-13-11;1-3-5-4-2;1-3-4-2;;;/h7-14H,15H2,1-6H3;7-14H,15,19H2,1-6H3;7-10,12H,1-6H3;3-4H2,1-2H3;1,3-4H2,2H3;1H4;;1H2/q;;;;-1;;+1;. The summed E-state index contributed by atoms with van der Waals surface area (Å²) in [5, 5.41) is 3.17. The molecule has 5 aromatic rings. The minimum absolute atomic E-state index is 0. The van der Waals surface area contributed by atoms with Gasteiger partial charge in [0.15, 0.2) is 0 Å². The second kappa shape index (κ2) is 36.6. The van der Waals surface area contributed by atoms with Gasteiger partial charge < -0.3 is 11.7 Å². The van der Waals surface area contributed by atoms with Gasteiger partial charge in [-0.2, -0.15) is 6.42 Å². The van der Waals surface area contributed by atoms with Gasteiger partial charge in [0.05, 0.1) is 16.1 Å². The van der Waals surface area contributed by atoms with Crippen LogP contribution >= 0.6 is 0 Å². The van der Waals surface area contributed by atoms with Crippen LogP contribution in [0.3, 0.4) is 0 Å². The topological polar surface area (TPSA) is 73.7 Å². The summed E-state index contributed by atoms with van der Waals surface area (Å²) in [6, 6.07) is 32.1. The zero-order chi connectivity index (χ0) is 54.4. The summed E-state index contributed by atoms with van der Waals surface area (Å²) in [4.78, 5) is 23.7. The van der Waals surface area contributed by atoms with Crippen LogP contribution in [0.15, 0.2) is 122 Å². The van der Waals surface area contributed by atoms with Crippen molar-refractivity contribution in [3.8, 4) is 0 Å². The van der Waals surface area contributed by atoms with Crippen LogP contribution in [0.4, 0.5) is 0 Å². The van der Waals surface area contributed by atoms with Crippen molar-refractivity contribution in [3.63, 3.8) is 0 Å². The molecular weight excluding hydrogens is 1350 g/mol. The third-order valence-corrected chi connectivity index (χ3v) is 91.0. The van der Waals surface area contributed by atoms with Crippen LogP contribution in [0, 0.1) is 6.92 Å². The third-order valence-electron chi connectivity index (χ3n) is 13.4. The molecule has 0 aliphatic heterocycles. The van der Waals surface area contributed by atoms with Crippen LogP contribution in [0.25, 0.3) is 0 Å². The molecule has 0 amide bonds. The molecule has 5 aromatic heterocycles. The normalized spacial score (nSPS) is 12.1. The number of aromatic nitrogens is 5. The van der Waals surface area contributed by atoms with Crippen molar-refractivity contribution in [2.24, 2.45) is 0 Å². The van der Waals surface area contributed by atoms with E-state index in [0.717, 1.165) is 24.8 Å². The molecule has 0 saturated heterocycles. The Bertz CT molecular complexity index is 2160. The van der Waals surface area contributed by atoms with Crippen molar-refractivity contribution in [1.29, 1.82) is 0 Å². The van der Waals surface area contributed by atoms with Gasteiger partial charge in [-0.05, 0) is 31.1 Å². The summed E-state index contributed by atoms with van der Waals surface area (Å²) in [6.45, 7) is 56.9. The fourth-order valence-electron chi connectivity index (χ4n) is 11.4. The third kappa shape index (κ3) is 24.2. The molecular formula is C57H106Ge2LiN5OSi6Te2. The maximum atomic E-state index is 4.94. The molecule has 0 N–H and O–H groups in total. The summed E-state index contributed by atoms with van der Waals surface area (Å²) in [6.07, 6.45) is 12.1. The number of rotatable bonds is 18. The van der Waals surface area contributed by atoms with Crippen molar-refractivity contribution >= 4 is 117 Å². The summed E-state index contributed by atoms with van der Waals surface area (Å²) in [5.74, 6) is 0. The van der Waals surface area contributed by atoms with Gasteiger partial charge in [0, 0.05) is 25.1 Å². The summed E-state index contributed by atoms with van der Waals surface area (Å²) in [5.41, 5.74) is 6.67. The van der Waals surface area contributed by atoms with Crippen molar-refractivity contribution < 1.29 is 23.6 Å². The number of nitrogens with zero attached hydrogens (tertiary/aromatic N) is 5. The molecule has 0 bridgehead atoms. The summed E-state index contributed by atoms with van der Waals surface area (Å²) < 4.78 is 5.65. The number of hydrogen-bond acceptors (Lipinski definition) is 6. The molecule has 0 aliphatic carbocycles. The van der Waals surface area contributed by atoms with Gasteiger partial charge in [-0.3, -0.25) is 4.98 Å². The Balaban J connectivity index is -0.000000941. The van der Waals surface area contributed by atoms with Gasteiger partial charge in [-0.15, -0.1) is 0 Å². The Morgan fingerprint density at radius 1 is 0.541 bits per heavy atom. The first-order valence-corrected chi connectivity index (χ1v) is 60.5. The van der Waals surface area contributed by atoms with Gasteiger partial charge in [0.2, 0.25) is 0 Å². The Labute approximate surface area is 512 Å². The van der Waals surface area contributed by atoms with Crippen LogP contribution in [0.2, 0.25) is 118 Å². The number of ether oxygens (including phenoxy) is 1. The van der Waals surface area contributed by atoms with E-state index < -0.39 is 74.4 Å². The zero-order valence-electron chi connectivity index (χ0n) is 50.3. The summed E-state index contributed by atoms with van der Waals surface area (Å²) in [7, 11) is -9.60. The number of hydrogen-bond donors (Lipinski definition) is 0. The predicted molar refractivity (Wildman–Crippen MR) is 353 cm³/mol. The molecule has 5 heterocycles. The van der Waals surface area contributed by atoms with Crippen molar-refractivity contribution in [1.82, 2.24) is 24.9 Å². The first-order chi connectivity index (χ1) is 32.8. The van der Waals surface area contributed by atoms with Gasteiger partial charge >= 0.3 is 356 Å². The molecule has 0 aliphatic rings. The van der Waals surface area contributed by atoms with Crippen molar-refractivity contribution in [2.75, 3.05) is 13.2 Å². The number of unbranched alkanes of at least 4 members (excludes halogenated alkanes) is 1. The van der Waals surface area contributed by atoms with E-state index >= 15 is 0 Å². The second-order valence-corrected chi connectivity index (χ2v) is 79.1. The second-order valence-electron chi connectivity index (χ2n) is 24.9. The van der Waals surface area contributed by atoms with Crippen LogP contribution in [-0.2, 0) is 22.2 Å². The molecule has 0 saturated carbocycles. The first kappa shape index (κ1) is 78.5. The fraction of sp³-hybridized carbons (Fsp3) is 0.544. The van der Waals surface area contributed by atoms with Crippen molar-refractivity contribution in [2.45, 2.75) is 182 Å². The SMILES string of the molecule is C.CCOCC.C[Si](C)(C)C(c1ccccn1)[Si](C)(C)C.C[Si](C)(C)[C]([GeH2][CH2]c1ccccn1)(c1ccccn1)[Si](C)(C)C.C[Si](C)(C)[C](c1ccccn1)([Ge](=[Te])[CH2]c1ccccn1)[Si](C)(C)C.[CH2-]CCC.[Li+].[TeH2]. The van der Waals surface area contributed by atoms with Crippen LogP contribution < -0.4 is 18.9 Å². The average Bonchev–Trinajstić information content (AvgIpc) is 3.27. The van der Waals surface area contributed by atoms with E-state index in [0.29, 0.717) is 6.99 Å². The van der Waals surface area contributed by atoms with E-state index in [1.165, 1.54) is 45.4 Å². The predicted octanol–water partition coefficient (Wildman–Crippen LogP) is 11.1. The summed E-state index contributed by atoms with van der Waals surface area (Å²) >= 11 is 1.58. The monoisotopic (exact) mass is 1460 g/mol. The number of pyridine rings is 5. The zero-order valence-corrected chi connectivity index (χ0v) is 66.6. The van der Waals surface area contributed by atoms with Crippen LogP contribution in [-0.4, -0.2) is 156 Å². The van der Waals surface area contributed by atoms with Crippen molar-refractivity contribution in [3.05, 3.63) is 157 Å². The first-order valence-electron chi connectivity index (χ1n) is 26.3. The Kier molecular flexibility index (Phi) is 38.8. The van der Waals surface area contributed by atoms with E-state index in [9.17, 15) is 0 Å². The van der Waals surface area contributed by atoms with Crippen LogP contribution in [0.5, 0.6) is 0 Å². The molecule has 0 atom stereocenters. The Morgan fingerprint density at radius 3 is 1.19 bits per heavy atom. The molecule has 0 radical (unpaired) electrons. The molecule has 6 nitrogen and oxygen atoms in total. The van der Waals surface area contributed by atoms with Gasteiger partial charge in [0.1, 0.15) is 0 Å².